The van der Waals surface area contributed by atoms with Gasteiger partial charge in [0.05, 0.1) is 12.2 Å². The van der Waals surface area contributed by atoms with Gasteiger partial charge in [-0.1, -0.05) is 25.7 Å². The van der Waals surface area contributed by atoms with Gasteiger partial charge in [-0.05, 0) is 12.8 Å². The lowest BCUT2D eigenvalue weighted by atomic mass is 9.95. The number of methoxy groups -OCH3 is 1. The Morgan fingerprint density at radius 3 is 2.33 bits per heavy atom. The van der Waals surface area contributed by atoms with Crippen molar-refractivity contribution in [1.82, 2.24) is 9.44 Å². The van der Waals surface area contributed by atoms with Crippen molar-refractivity contribution >= 4 is 10.2 Å². The molecule has 18 heavy (non-hydrogen) atoms. The lowest BCUT2D eigenvalue weighted by molar-refractivity contribution is 0.0302. The zero-order valence-electron chi connectivity index (χ0n) is 10.9. The molecule has 0 amide bonds. The fourth-order valence-electron chi connectivity index (χ4n) is 2.12. The Kier molecular flexibility index (Phi) is 6.51. The first-order chi connectivity index (χ1) is 8.47. The highest BCUT2D eigenvalue weighted by atomic mass is 32.2. The molecular weight excluding hydrogens is 256 g/mol. The molecule has 0 aromatic carbocycles. The summed E-state index contributed by atoms with van der Waals surface area (Å²) >= 11 is 0. The smallest absolute Gasteiger partial charge is 0.277 e. The van der Waals surface area contributed by atoms with Gasteiger partial charge < -0.3 is 9.84 Å². The van der Waals surface area contributed by atoms with Gasteiger partial charge in [0.2, 0.25) is 0 Å². The fraction of sp³-hybridized carbons (Fsp3) is 1.00. The molecule has 0 bridgehead atoms. The summed E-state index contributed by atoms with van der Waals surface area (Å²) in [5.74, 6) is 0. The van der Waals surface area contributed by atoms with Crippen LogP contribution in [0.1, 0.15) is 38.5 Å². The summed E-state index contributed by atoms with van der Waals surface area (Å²) in [4.78, 5) is 0. The van der Waals surface area contributed by atoms with Crippen LogP contribution in [-0.4, -0.2) is 45.9 Å². The fourth-order valence-corrected chi connectivity index (χ4v) is 3.03. The van der Waals surface area contributed by atoms with Crippen LogP contribution in [-0.2, 0) is 14.9 Å². The minimum Gasteiger partial charge on any atom is -0.389 e. The average molecular weight is 280 g/mol. The maximum atomic E-state index is 11.6. The van der Waals surface area contributed by atoms with E-state index in [0.29, 0.717) is 19.4 Å². The molecule has 0 aromatic heterocycles. The molecule has 0 spiro atoms. The normalized spacial score (nSPS) is 20.6. The monoisotopic (exact) mass is 280 g/mol. The number of hydrogen-bond donors (Lipinski definition) is 3. The second-order valence-corrected chi connectivity index (χ2v) is 6.43. The van der Waals surface area contributed by atoms with Crippen molar-refractivity contribution in [2.24, 2.45) is 0 Å². The van der Waals surface area contributed by atoms with Gasteiger partial charge in [-0.3, -0.25) is 0 Å². The number of rotatable bonds is 7. The van der Waals surface area contributed by atoms with E-state index in [1.54, 1.807) is 0 Å². The zero-order chi connectivity index (χ0) is 13.5. The van der Waals surface area contributed by atoms with E-state index < -0.39 is 15.8 Å². The number of ether oxygens (including phenoxy) is 1. The molecule has 0 heterocycles. The molecule has 1 saturated carbocycles. The summed E-state index contributed by atoms with van der Waals surface area (Å²) < 4.78 is 32.7. The van der Waals surface area contributed by atoms with Gasteiger partial charge in [0.15, 0.2) is 0 Å². The van der Waals surface area contributed by atoms with E-state index in [2.05, 4.69) is 9.44 Å². The first-order valence-corrected chi connectivity index (χ1v) is 7.91. The van der Waals surface area contributed by atoms with Crippen LogP contribution in [0, 0.1) is 0 Å². The minimum absolute atomic E-state index is 0.0787. The molecule has 0 radical (unpaired) electrons. The maximum Gasteiger partial charge on any atom is 0.277 e. The minimum atomic E-state index is -3.54. The molecule has 0 aliphatic heterocycles. The molecule has 1 fully saturated rings. The van der Waals surface area contributed by atoms with E-state index in [1.807, 2.05) is 0 Å². The number of hydrogen-bond acceptors (Lipinski definition) is 4. The summed E-state index contributed by atoms with van der Waals surface area (Å²) in [7, 11) is -2.03. The maximum absolute atomic E-state index is 11.6. The Morgan fingerprint density at radius 1 is 1.17 bits per heavy atom. The van der Waals surface area contributed by atoms with Gasteiger partial charge in [0, 0.05) is 20.2 Å². The lowest BCUT2D eigenvalue weighted by Gasteiger charge is -2.26. The van der Waals surface area contributed by atoms with E-state index in [9.17, 15) is 13.5 Å². The SMILES string of the molecule is COCCNS(=O)(=O)NCC1(O)CCCCCC1. The molecule has 7 heteroatoms. The number of aliphatic hydroxyl groups is 1. The zero-order valence-corrected chi connectivity index (χ0v) is 11.8. The second-order valence-electron chi connectivity index (χ2n) is 4.85. The molecule has 0 unspecified atom stereocenters. The molecule has 6 nitrogen and oxygen atoms in total. The van der Waals surface area contributed by atoms with Gasteiger partial charge >= 0.3 is 0 Å². The first-order valence-electron chi connectivity index (χ1n) is 6.43. The van der Waals surface area contributed by atoms with Crippen molar-refractivity contribution < 1.29 is 18.3 Å². The number of nitrogens with one attached hydrogen (secondary N) is 2. The Hall–Kier alpha value is -0.210. The van der Waals surface area contributed by atoms with Crippen LogP contribution in [0.5, 0.6) is 0 Å². The summed E-state index contributed by atoms with van der Waals surface area (Å²) in [6.45, 7) is 0.630. The molecule has 108 valence electrons. The van der Waals surface area contributed by atoms with Gasteiger partial charge in [-0.25, -0.2) is 0 Å². The first kappa shape index (κ1) is 15.8. The van der Waals surface area contributed by atoms with E-state index in [4.69, 9.17) is 4.74 Å². The van der Waals surface area contributed by atoms with Crippen LogP contribution < -0.4 is 9.44 Å². The average Bonchev–Trinajstić information content (AvgIpc) is 2.53. The Balaban J connectivity index is 2.37. The lowest BCUT2D eigenvalue weighted by Crippen LogP contribution is -2.47. The Labute approximate surface area is 109 Å². The van der Waals surface area contributed by atoms with Crippen molar-refractivity contribution in [3.8, 4) is 0 Å². The van der Waals surface area contributed by atoms with E-state index in [0.717, 1.165) is 25.7 Å². The second kappa shape index (κ2) is 7.40. The molecule has 0 saturated heterocycles. The van der Waals surface area contributed by atoms with Crippen LogP contribution in [0.25, 0.3) is 0 Å². The van der Waals surface area contributed by atoms with Crippen LogP contribution in [0.3, 0.4) is 0 Å². The van der Waals surface area contributed by atoms with Crippen molar-refractivity contribution in [3.05, 3.63) is 0 Å². The van der Waals surface area contributed by atoms with Gasteiger partial charge in [-0.15, -0.1) is 0 Å². The molecule has 1 aliphatic rings. The molecule has 0 aromatic rings. The quantitative estimate of drug-likeness (QED) is 0.457. The van der Waals surface area contributed by atoms with Crippen molar-refractivity contribution in [1.29, 1.82) is 0 Å². The third-order valence-corrected chi connectivity index (χ3v) is 4.33. The van der Waals surface area contributed by atoms with Crippen molar-refractivity contribution in [3.63, 3.8) is 0 Å². The summed E-state index contributed by atoms with van der Waals surface area (Å²) in [5, 5.41) is 10.3. The largest absolute Gasteiger partial charge is 0.389 e. The van der Waals surface area contributed by atoms with Crippen LogP contribution in [0.4, 0.5) is 0 Å². The van der Waals surface area contributed by atoms with Crippen molar-refractivity contribution in [2.45, 2.75) is 44.1 Å². The molecular formula is C11H24N2O4S. The molecule has 1 aliphatic carbocycles. The summed E-state index contributed by atoms with van der Waals surface area (Å²) in [6, 6.07) is 0. The molecule has 1 rings (SSSR count). The van der Waals surface area contributed by atoms with E-state index >= 15 is 0 Å². The van der Waals surface area contributed by atoms with Crippen LogP contribution >= 0.6 is 0 Å². The van der Waals surface area contributed by atoms with Gasteiger partial charge in [0.1, 0.15) is 0 Å². The van der Waals surface area contributed by atoms with E-state index in [1.165, 1.54) is 7.11 Å². The Bertz CT molecular complexity index is 324. The highest BCUT2D eigenvalue weighted by Crippen LogP contribution is 2.26. The van der Waals surface area contributed by atoms with Gasteiger partial charge in [-0.2, -0.15) is 17.9 Å². The Morgan fingerprint density at radius 2 is 1.78 bits per heavy atom. The van der Waals surface area contributed by atoms with E-state index in [-0.39, 0.29) is 13.1 Å². The third kappa shape index (κ3) is 6.10. The highest BCUT2D eigenvalue weighted by molar-refractivity contribution is 7.87. The highest BCUT2D eigenvalue weighted by Gasteiger charge is 2.29. The van der Waals surface area contributed by atoms with Gasteiger partial charge in [0.25, 0.3) is 10.2 Å². The third-order valence-electron chi connectivity index (χ3n) is 3.22. The topological polar surface area (TPSA) is 87.7 Å². The van der Waals surface area contributed by atoms with Crippen LogP contribution in [0.2, 0.25) is 0 Å². The standard InChI is InChI=1S/C11H24N2O4S/c1-17-9-8-12-18(15,16)13-10-11(14)6-4-2-3-5-7-11/h12-14H,2-10H2,1H3. The predicted molar refractivity (Wildman–Crippen MR) is 69.5 cm³/mol. The van der Waals surface area contributed by atoms with Crippen molar-refractivity contribution in [2.75, 3.05) is 26.8 Å². The predicted octanol–water partition coefficient (Wildman–Crippen LogP) is 0.142. The molecule has 0 atom stereocenters. The van der Waals surface area contributed by atoms with Crippen LogP contribution in [0.15, 0.2) is 0 Å². The summed E-state index contributed by atoms with van der Waals surface area (Å²) in [6.07, 6.45) is 5.45. The summed E-state index contributed by atoms with van der Waals surface area (Å²) in [5.41, 5.74) is -0.896. The molecule has 3 N–H and O–H groups in total.